The van der Waals surface area contributed by atoms with E-state index in [1.807, 2.05) is 25.1 Å². The monoisotopic (exact) mass is 236 g/mol. The number of rotatable bonds is 3. The standard InChI is InChI=1S/C12H16N2O3/c1-14(2)6-10(15)8-3-4-11-9(5-8)13-12(16)7-17-11/h3-5,10,15H,6-7H2,1-2H3,(H,13,16). The lowest BCUT2D eigenvalue weighted by Crippen LogP contribution is -2.26. The van der Waals surface area contributed by atoms with Gasteiger partial charge in [0.1, 0.15) is 5.75 Å². The summed E-state index contributed by atoms with van der Waals surface area (Å²) >= 11 is 0. The molecule has 0 aliphatic carbocycles. The van der Waals surface area contributed by atoms with Crippen LogP contribution in [0.15, 0.2) is 18.2 Å². The molecule has 1 unspecified atom stereocenters. The molecule has 1 aromatic rings. The van der Waals surface area contributed by atoms with Gasteiger partial charge in [0.2, 0.25) is 0 Å². The first-order valence-electron chi connectivity index (χ1n) is 5.45. The zero-order valence-electron chi connectivity index (χ0n) is 9.93. The minimum Gasteiger partial charge on any atom is -0.482 e. The molecule has 1 amide bonds. The van der Waals surface area contributed by atoms with Crippen molar-refractivity contribution in [2.45, 2.75) is 6.10 Å². The van der Waals surface area contributed by atoms with Crippen molar-refractivity contribution >= 4 is 11.6 Å². The van der Waals surface area contributed by atoms with Crippen molar-refractivity contribution in [3.63, 3.8) is 0 Å². The Morgan fingerprint density at radius 2 is 2.29 bits per heavy atom. The molecule has 0 spiro atoms. The first kappa shape index (κ1) is 11.9. The molecule has 0 saturated carbocycles. The summed E-state index contributed by atoms with van der Waals surface area (Å²) in [6.45, 7) is 0.584. The Balaban J connectivity index is 2.20. The number of carbonyl (C=O) groups excluding carboxylic acids is 1. The van der Waals surface area contributed by atoms with E-state index in [9.17, 15) is 9.90 Å². The largest absolute Gasteiger partial charge is 0.482 e. The van der Waals surface area contributed by atoms with E-state index in [-0.39, 0.29) is 12.5 Å². The van der Waals surface area contributed by atoms with Gasteiger partial charge in [-0.3, -0.25) is 4.79 Å². The maximum absolute atomic E-state index is 11.2. The zero-order chi connectivity index (χ0) is 12.4. The van der Waals surface area contributed by atoms with Crippen molar-refractivity contribution in [1.82, 2.24) is 4.90 Å². The minimum atomic E-state index is -0.575. The molecule has 5 nitrogen and oxygen atoms in total. The van der Waals surface area contributed by atoms with Gasteiger partial charge in [-0.05, 0) is 31.8 Å². The molecule has 0 saturated heterocycles. The molecular weight excluding hydrogens is 220 g/mol. The SMILES string of the molecule is CN(C)CC(O)c1ccc2c(c1)NC(=O)CO2. The molecule has 0 aromatic heterocycles. The van der Waals surface area contributed by atoms with Crippen molar-refractivity contribution in [2.75, 3.05) is 32.6 Å². The van der Waals surface area contributed by atoms with E-state index >= 15 is 0 Å². The second-order valence-electron chi connectivity index (χ2n) is 4.37. The van der Waals surface area contributed by atoms with E-state index in [1.54, 1.807) is 12.1 Å². The normalized spacial score (nSPS) is 16.1. The third-order valence-electron chi connectivity index (χ3n) is 2.56. The minimum absolute atomic E-state index is 0.0482. The van der Waals surface area contributed by atoms with Crippen molar-refractivity contribution in [3.8, 4) is 5.75 Å². The highest BCUT2D eigenvalue weighted by Crippen LogP contribution is 2.30. The number of fused-ring (bicyclic) bond motifs is 1. The predicted octanol–water partition coefficient (Wildman–Crippen LogP) is 0.612. The molecule has 1 atom stereocenters. The van der Waals surface area contributed by atoms with Gasteiger partial charge in [0.25, 0.3) is 5.91 Å². The molecule has 17 heavy (non-hydrogen) atoms. The summed E-state index contributed by atoms with van der Waals surface area (Å²) in [5, 5.41) is 12.7. The lowest BCUT2D eigenvalue weighted by molar-refractivity contribution is -0.118. The number of nitrogens with zero attached hydrogens (tertiary/aromatic N) is 1. The van der Waals surface area contributed by atoms with Gasteiger partial charge >= 0.3 is 0 Å². The van der Waals surface area contributed by atoms with Crippen LogP contribution in [0.3, 0.4) is 0 Å². The van der Waals surface area contributed by atoms with E-state index in [0.29, 0.717) is 18.0 Å². The Hall–Kier alpha value is -1.59. The summed E-state index contributed by atoms with van der Waals surface area (Å²) < 4.78 is 5.25. The van der Waals surface area contributed by atoms with E-state index < -0.39 is 6.10 Å². The fraction of sp³-hybridized carbons (Fsp3) is 0.417. The Morgan fingerprint density at radius 1 is 1.53 bits per heavy atom. The van der Waals surface area contributed by atoms with Crippen LogP contribution in [0.1, 0.15) is 11.7 Å². The van der Waals surface area contributed by atoms with Crippen LogP contribution in [0.2, 0.25) is 0 Å². The van der Waals surface area contributed by atoms with Crippen LogP contribution in [0.4, 0.5) is 5.69 Å². The molecule has 1 aliphatic heterocycles. The summed E-state index contributed by atoms with van der Waals surface area (Å²) in [6.07, 6.45) is -0.575. The van der Waals surface area contributed by atoms with Crippen LogP contribution >= 0.6 is 0 Å². The second-order valence-corrected chi connectivity index (χ2v) is 4.37. The van der Waals surface area contributed by atoms with E-state index in [0.717, 1.165) is 5.56 Å². The third kappa shape index (κ3) is 2.75. The summed E-state index contributed by atoms with van der Waals surface area (Å²) in [4.78, 5) is 13.1. The van der Waals surface area contributed by atoms with E-state index in [1.165, 1.54) is 0 Å². The summed E-state index contributed by atoms with van der Waals surface area (Å²) in [6, 6.07) is 5.33. The van der Waals surface area contributed by atoms with Crippen molar-refractivity contribution in [3.05, 3.63) is 23.8 Å². The Morgan fingerprint density at radius 3 is 3.00 bits per heavy atom. The molecule has 5 heteroatoms. The third-order valence-corrected chi connectivity index (χ3v) is 2.56. The van der Waals surface area contributed by atoms with Crippen LogP contribution in [0.5, 0.6) is 5.75 Å². The van der Waals surface area contributed by atoms with Gasteiger partial charge < -0.3 is 20.1 Å². The van der Waals surface area contributed by atoms with Crippen LogP contribution in [-0.4, -0.2) is 43.2 Å². The van der Waals surface area contributed by atoms with Crippen molar-refractivity contribution in [1.29, 1.82) is 0 Å². The number of anilines is 1. The van der Waals surface area contributed by atoms with Gasteiger partial charge in [-0.15, -0.1) is 0 Å². The molecule has 1 aromatic carbocycles. The number of ether oxygens (including phenoxy) is 1. The van der Waals surface area contributed by atoms with Gasteiger partial charge in [0.15, 0.2) is 6.61 Å². The second kappa shape index (κ2) is 4.73. The summed E-state index contributed by atoms with van der Waals surface area (Å²) in [5.74, 6) is 0.474. The number of nitrogens with one attached hydrogen (secondary N) is 1. The lowest BCUT2D eigenvalue weighted by Gasteiger charge is -2.21. The molecule has 1 aliphatic rings. The fourth-order valence-corrected chi connectivity index (χ4v) is 1.76. The number of aliphatic hydroxyl groups is 1. The predicted molar refractivity (Wildman–Crippen MR) is 64.1 cm³/mol. The first-order valence-corrected chi connectivity index (χ1v) is 5.45. The number of likely N-dealkylation sites (N-methyl/N-ethyl adjacent to an activating group) is 1. The van der Waals surface area contributed by atoms with Gasteiger partial charge in [-0.1, -0.05) is 6.07 Å². The fourth-order valence-electron chi connectivity index (χ4n) is 1.76. The van der Waals surface area contributed by atoms with Gasteiger partial charge in [0, 0.05) is 6.54 Å². The Bertz CT molecular complexity index is 432. The maximum Gasteiger partial charge on any atom is 0.262 e. The highest BCUT2D eigenvalue weighted by atomic mass is 16.5. The summed E-state index contributed by atoms with van der Waals surface area (Å²) in [7, 11) is 3.79. The van der Waals surface area contributed by atoms with Crippen LogP contribution in [0, 0.1) is 0 Å². The van der Waals surface area contributed by atoms with E-state index in [2.05, 4.69) is 5.32 Å². The Labute approximate surface area is 100.0 Å². The number of hydrogen-bond donors (Lipinski definition) is 2. The zero-order valence-corrected chi connectivity index (χ0v) is 9.93. The molecule has 2 N–H and O–H groups in total. The maximum atomic E-state index is 11.2. The van der Waals surface area contributed by atoms with Crippen molar-refractivity contribution in [2.24, 2.45) is 0 Å². The topological polar surface area (TPSA) is 61.8 Å². The number of benzene rings is 1. The molecule has 1 heterocycles. The first-order chi connectivity index (χ1) is 8.06. The van der Waals surface area contributed by atoms with Gasteiger partial charge in [0.05, 0.1) is 11.8 Å². The highest BCUT2D eigenvalue weighted by molar-refractivity contribution is 5.95. The molecule has 0 fully saturated rings. The number of amides is 1. The summed E-state index contributed by atoms with van der Waals surface area (Å²) in [5.41, 5.74) is 1.39. The molecule has 92 valence electrons. The van der Waals surface area contributed by atoms with Crippen LogP contribution in [0.25, 0.3) is 0 Å². The molecular formula is C12H16N2O3. The number of aliphatic hydroxyl groups excluding tert-OH is 1. The van der Waals surface area contributed by atoms with Crippen LogP contribution < -0.4 is 10.1 Å². The van der Waals surface area contributed by atoms with Crippen LogP contribution in [-0.2, 0) is 4.79 Å². The lowest BCUT2D eigenvalue weighted by atomic mass is 10.1. The van der Waals surface area contributed by atoms with Gasteiger partial charge in [-0.2, -0.15) is 0 Å². The molecule has 0 radical (unpaired) electrons. The van der Waals surface area contributed by atoms with Crippen molar-refractivity contribution < 1.29 is 14.6 Å². The number of hydrogen-bond acceptors (Lipinski definition) is 4. The molecule has 0 bridgehead atoms. The van der Waals surface area contributed by atoms with E-state index in [4.69, 9.17) is 4.74 Å². The Kier molecular flexibility index (Phi) is 3.31. The van der Waals surface area contributed by atoms with Gasteiger partial charge in [-0.25, -0.2) is 0 Å². The number of carbonyl (C=O) groups is 1. The average Bonchev–Trinajstić information content (AvgIpc) is 2.27. The highest BCUT2D eigenvalue weighted by Gasteiger charge is 2.18. The quantitative estimate of drug-likeness (QED) is 0.807. The average molecular weight is 236 g/mol. The smallest absolute Gasteiger partial charge is 0.262 e. The molecule has 2 rings (SSSR count).